The Balaban J connectivity index is 2.54. The first kappa shape index (κ1) is 10.6. The summed E-state index contributed by atoms with van der Waals surface area (Å²) in [5, 5.41) is 0. The van der Waals surface area contributed by atoms with Crippen molar-refractivity contribution in [3.05, 3.63) is 47.5 Å². The molecule has 2 rings (SSSR count). The van der Waals surface area contributed by atoms with Gasteiger partial charge in [-0.3, -0.25) is 4.98 Å². The van der Waals surface area contributed by atoms with Crippen LogP contribution >= 0.6 is 0 Å². The van der Waals surface area contributed by atoms with Crippen molar-refractivity contribution in [2.45, 2.75) is 13.8 Å². The lowest BCUT2D eigenvalue weighted by atomic mass is 10.0. The third-order valence-corrected chi connectivity index (χ3v) is 2.54. The molecular formula is C13H13FN2. The first-order valence-corrected chi connectivity index (χ1v) is 5.07. The van der Waals surface area contributed by atoms with Crippen molar-refractivity contribution in [2.75, 3.05) is 5.73 Å². The molecule has 1 aromatic carbocycles. The molecule has 2 N–H and O–H groups in total. The first-order valence-electron chi connectivity index (χ1n) is 5.07. The van der Waals surface area contributed by atoms with E-state index in [1.165, 1.54) is 6.07 Å². The number of anilines is 1. The Labute approximate surface area is 93.9 Å². The van der Waals surface area contributed by atoms with Gasteiger partial charge in [0.1, 0.15) is 5.82 Å². The average Bonchev–Trinajstić information content (AvgIpc) is 2.22. The van der Waals surface area contributed by atoms with Gasteiger partial charge in [0.2, 0.25) is 0 Å². The second-order valence-corrected chi connectivity index (χ2v) is 3.82. The molecule has 0 unspecified atom stereocenters. The molecule has 16 heavy (non-hydrogen) atoms. The summed E-state index contributed by atoms with van der Waals surface area (Å²) in [5.74, 6) is -0.391. The normalized spacial score (nSPS) is 10.4. The van der Waals surface area contributed by atoms with Crippen molar-refractivity contribution in [3.8, 4) is 11.1 Å². The molecule has 0 spiro atoms. The van der Waals surface area contributed by atoms with E-state index in [9.17, 15) is 4.39 Å². The Bertz CT molecular complexity index is 535. The monoisotopic (exact) mass is 216 g/mol. The number of halogens is 1. The van der Waals surface area contributed by atoms with Crippen LogP contribution < -0.4 is 5.73 Å². The van der Waals surface area contributed by atoms with Gasteiger partial charge in [0, 0.05) is 17.0 Å². The SMILES string of the molecule is Cc1ccc(-c2ccc(N)c(F)c2)c(C)n1. The third-order valence-electron chi connectivity index (χ3n) is 2.54. The highest BCUT2D eigenvalue weighted by Crippen LogP contribution is 2.25. The molecular weight excluding hydrogens is 203 g/mol. The number of benzene rings is 1. The first-order chi connectivity index (χ1) is 7.58. The van der Waals surface area contributed by atoms with Gasteiger partial charge in [-0.2, -0.15) is 0 Å². The summed E-state index contributed by atoms with van der Waals surface area (Å²) < 4.78 is 13.3. The van der Waals surface area contributed by atoms with E-state index >= 15 is 0 Å². The van der Waals surface area contributed by atoms with Gasteiger partial charge in [-0.05, 0) is 37.6 Å². The van der Waals surface area contributed by atoms with Crippen LogP contribution in [0.5, 0.6) is 0 Å². The number of pyridine rings is 1. The molecule has 0 fully saturated rings. The predicted molar refractivity (Wildman–Crippen MR) is 63.5 cm³/mol. The van der Waals surface area contributed by atoms with Gasteiger partial charge in [-0.15, -0.1) is 0 Å². The molecule has 0 aliphatic carbocycles. The minimum atomic E-state index is -0.391. The van der Waals surface area contributed by atoms with Crippen LogP contribution in [0, 0.1) is 19.7 Å². The van der Waals surface area contributed by atoms with Gasteiger partial charge in [-0.1, -0.05) is 12.1 Å². The fourth-order valence-corrected chi connectivity index (χ4v) is 1.69. The van der Waals surface area contributed by atoms with Crippen molar-refractivity contribution in [1.29, 1.82) is 0 Å². The molecule has 1 heterocycles. The minimum Gasteiger partial charge on any atom is -0.396 e. The highest BCUT2D eigenvalue weighted by atomic mass is 19.1. The van der Waals surface area contributed by atoms with Crippen LogP contribution in [0.15, 0.2) is 30.3 Å². The van der Waals surface area contributed by atoms with E-state index in [0.717, 1.165) is 22.5 Å². The van der Waals surface area contributed by atoms with Crippen molar-refractivity contribution in [3.63, 3.8) is 0 Å². The highest BCUT2D eigenvalue weighted by molar-refractivity contribution is 5.67. The molecule has 0 saturated carbocycles. The maximum absolute atomic E-state index is 13.3. The van der Waals surface area contributed by atoms with Crippen LogP contribution in [0.2, 0.25) is 0 Å². The summed E-state index contributed by atoms with van der Waals surface area (Å²) in [6.07, 6.45) is 0. The van der Waals surface area contributed by atoms with Crippen molar-refractivity contribution < 1.29 is 4.39 Å². The maximum Gasteiger partial charge on any atom is 0.146 e. The van der Waals surface area contributed by atoms with Gasteiger partial charge >= 0.3 is 0 Å². The van der Waals surface area contributed by atoms with E-state index in [0.29, 0.717) is 0 Å². The molecule has 0 saturated heterocycles. The maximum atomic E-state index is 13.3. The molecule has 0 amide bonds. The summed E-state index contributed by atoms with van der Waals surface area (Å²) in [6, 6.07) is 8.68. The van der Waals surface area contributed by atoms with Crippen molar-refractivity contribution >= 4 is 5.69 Å². The number of rotatable bonds is 1. The quantitative estimate of drug-likeness (QED) is 0.744. The standard InChI is InChI=1S/C13H13FN2/c1-8-3-5-11(9(2)16-8)10-4-6-13(15)12(14)7-10/h3-7H,15H2,1-2H3. The predicted octanol–water partition coefficient (Wildman–Crippen LogP) is 3.09. The van der Waals surface area contributed by atoms with Crippen LogP contribution in [-0.4, -0.2) is 4.98 Å². The second kappa shape index (κ2) is 3.93. The topological polar surface area (TPSA) is 38.9 Å². The Kier molecular flexibility index (Phi) is 2.60. The van der Waals surface area contributed by atoms with E-state index in [1.54, 1.807) is 12.1 Å². The van der Waals surface area contributed by atoms with Crippen LogP contribution in [-0.2, 0) is 0 Å². The zero-order chi connectivity index (χ0) is 11.7. The average molecular weight is 216 g/mol. The van der Waals surface area contributed by atoms with Gasteiger partial charge in [-0.25, -0.2) is 4.39 Å². The molecule has 0 bridgehead atoms. The highest BCUT2D eigenvalue weighted by Gasteiger charge is 2.05. The van der Waals surface area contributed by atoms with Gasteiger partial charge in [0.05, 0.1) is 5.69 Å². The van der Waals surface area contributed by atoms with E-state index in [1.807, 2.05) is 26.0 Å². The summed E-state index contributed by atoms with van der Waals surface area (Å²) in [5.41, 5.74) is 9.19. The molecule has 0 aliphatic heterocycles. The fourth-order valence-electron chi connectivity index (χ4n) is 1.69. The Hall–Kier alpha value is -1.90. The summed E-state index contributed by atoms with van der Waals surface area (Å²) in [7, 11) is 0. The third kappa shape index (κ3) is 1.89. The molecule has 2 aromatic rings. The Morgan fingerprint density at radius 1 is 1.12 bits per heavy atom. The molecule has 2 nitrogen and oxygen atoms in total. The van der Waals surface area contributed by atoms with Crippen LogP contribution in [0.1, 0.15) is 11.4 Å². The minimum absolute atomic E-state index is 0.168. The van der Waals surface area contributed by atoms with Gasteiger partial charge < -0.3 is 5.73 Å². The molecule has 0 aliphatic rings. The smallest absolute Gasteiger partial charge is 0.146 e. The summed E-state index contributed by atoms with van der Waals surface area (Å²) in [4.78, 5) is 4.35. The van der Waals surface area contributed by atoms with Crippen molar-refractivity contribution in [1.82, 2.24) is 4.98 Å². The van der Waals surface area contributed by atoms with Crippen molar-refractivity contribution in [2.24, 2.45) is 0 Å². The molecule has 0 atom stereocenters. The van der Waals surface area contributed by atoms with Crippen LogP contribution in [0.4, 0.5) is 10.1 Å². The fraction of sp³-hybridized carbons (Fsp3) is 0.154. The summed E-state index contributed by atoms with van der Waals surface area (Å²) in [6.45, 7) is 3.84. The van der Waals surface area contributed by atoms with Crippen LogP contribution in [0.3, 0.4) is 0 Å². The lowest BCUT2D eigenvalue weighted by Gasteiger charge is -2.07. The number of hydrogen-bond acceptors (Lipinski definition) is 2. The molecule has 1 aromatic heterocycles. The number of hydrogen-bond donors (Lipinski definition) is 1. The number of aryl methyl sites for hydroxylation is 2. The zero-order valence-corrected chi connectivity index (χ0v) is 9.29. The second-order valence-electron chi connectivity index (χ2n) is 3.82. The number of aromatic nitrogens is 1. The lowest BCUT2D eigenvalue weighted by molar-refractivity contribution is 0.633. The van der Waals surface area contributed by atoms with Crippen LogP contribution in [0.25, 0.3) is 11.1 Å². The molecule has 0 radical (unpaired) electrons. The largest absolute Gasteiger partial charge is 0.396 e. The van der Waals surface area contributed by atoms with Gasteiger partial charge in [0.15, 0.2) is 0 Å². The van der Waals surface area contributed by atoms with E-state index in [2.05, 4.69) is 4.98 Å². The Morgan fingerprint density at radius 2 is 1.88 bits per heavy atom. The lowest BCUT2D eigenvalue weighted by Crippen LogP contribution is -1.93. The number of nitrogen functional groups attached to an aromatic ring is 1. The van der Waals surface area contributed by atoms with E-state index < -0.39 is 5.82 Å². The number of nitrogens with two attached hydrogens (primary N) is 1. The summed E-state index contributed by atoms with van der Waals surface area (Å²) >= 11 is 0. The Morgan fingerprint density at radius 3 is 2.50 bits per heavy atom. The van der Waals surface area contributed by atoms with E-state index in [-0.39, 0.29) is 5.69 Å². The zero-order valence-electron chi connectivity index (χ0n) is 9.29. The molecule has 3 heteroatoms. The molecule has 82 valence electrons. The van der Waals surface area contributed by atoms with E-state index in [4.69, 9.17) is 5.73 Å². The number of nitrogens with zero attached hydrogens (tertiary/aromatic N) is 1. The van der Waals surface area contributed by atoms with Gasteiger partial charge in [0.25, 0.3) is 0 Å².